The van der Waals surface area contributed by atoms with Crippen molar-refractivity contribution in [3.63, 3.8) is 0 Å². The first-order chi connectivity index (χ1) is 7.04. The molecule has 1 aromatic carbocycles. The van der Waals surface area contributed by atoms with E-state index in [1.165, 1.54) is 0 Å². The number of nitrogens with one attached hydrogen (secondary N) is 1. The van der Waals surface area contributed by atoms with E-state index >= 15 is 0 Å². The van der Waals surface area contributed by atoms with E-state index in [0.717, 1.165) is 18.2 Å². The number of non-ortho nitro benzene ring substituents is 2. The van der Waals surface area contributed by atoms with Crippen molar-refractivity contribution >= 4 is 23.1 Å². The maximum absolute atomic E-state index is 10.4. The Bertz CT molecular complexity index is 415. The van der Waals surface area contributed by atoms with Crippen molar-refractivity contribution < 1.29 is 9.85 Å². The molecule has 0 aliphatic rings. The summed E-state index contributed by atoms with van der Waals surface area (Å²) in [7, 11) is 0. The van der Waals surface area contributed by atoms with Gasteiger partial charge in [0.1, 0.15) is 0 Å². The SMILES string of the molecule is N=C=Nc1cc([N+](=O)[O-])cc([N+](=O)[O-])c1. The molecule has 0 saturated carbocycles. The van der Waals surface area contributed by atoms with E-state index in [4.69, 9.17) is 5.41 Å². The van der Waals surface area contributed by atoms with Gasteiger partial charge >= 0.3 is 0 Å². The lowest BCUT2D eigenvalue weighted by atomic mass is 10.2. The highest BCUT2D eigenvalue weighted by Gasteiger charge is 2.15. The average Bonchev–Trinajstić information content (AvgIpc) is 2.17. The van der Waals surface area contributed by atoms with Gasteiger partial charge in [0.15, 0.2) is 0 Å². The summed E-state index contributed by atoms with van der Waals surface area (Å²) in [6.45, 7) is 0. The molecule has 0 fully saturated rings. The number of hydrogen-bond donors (Lipinski definition) is 1. The lowest BCUT2D eigenvalue weighted by Gasteiger charge is -1.94. The lowest BCUT2D eigenvalue weighted by molar-refractivity contribution is -0.394. The van der Waals surface area contributed by atoms with Crippen LogP contribution in [0.3, 0.4) is 0 Å². The van der Waals surface area contributed by atoms with Crippen molar-refractivity contribution in [3.8, 4) is 0 Å². The molecule has 0 unspecified atom stereocenters. The molecule has 0 saturated heterocycles. The summed E-state index contributed by atoms with van der Waals surface area (Å²) < 4.78 is 0. The fraction of sp³-hybridized carbons (Fsp3) is 0. The Kier molecular flexibility index (Phi) is 2.85. The molecule has 0 spiro atoms. The van der Waals surface area contributed by atoms with Gasteiger partial charge in [0.2, 0.25) is 0 Å². The normalized spacial score (nSPS) is 9.07. The third-order valence-electron chi connectivity index (χ3n) is 1.49. The molecule has 1 aromatic rings. The van der Waals surface area contributed by atoms with Gasteiger partial charge < -0.3 is 0 Å². The number of nitrogens with zero attached hydrogens (tertiary/aromatic N) is 3. The predicted octanol–water partition coefficient (Wildman–Crippen LogP) is 1.89. The highest BCUT2D eigenvalue weighted by molar-refractivity contribution is 5.59. The number of hydrogen-bond acceptors (Lipinski definition) is 6. The number of benzene rings is 1. The molecule has 0 heterocycles. The van der Waals surface area contributed by atoms with E-state index in [-0.39, 0.29) is 5.69 Å². The number of nitro benzene ring substituents is 2. The van der Waals surface area contributed by atoms with Crippen LogP contribution in [0, 0.1) is 25.6 Å². The van der Waals surface area contributed by atoms with Crippen LogP contribution >= 0.6 is 0 Å². The van der Waals surface area contributed by atoms with Crippen LogP contribution in [0.25, 0.3) is 0 Å². The first kappa shape index (κ1) is 10.5. The Morgan fingerprint density at radius 3 is 1.93 bits per heavy atom. The van der Waals surface area contributed by atoms with Gasteiger partial charge in [-0.05, 0) is 0 Å². The maximum atomic E-state index is 10.4. The monoisotopic (exact) mass is 208 g/mol. The van der Waals surface area contributed by atoms with Crippen LogP contribution in [0.15, 0.2) is 23.2 Å². The van der Waals surface area contributed by atoms with E-state index in [1.54, 1.807) is 6.01 Å². The second-order valence-electron chi connectivity index (χ2n) is 2.45. The molecule has 8 heteroatoms. The lowest BCUT2D eigenvalue weighted by Crippen LogP contribution is -1.92. The van der Waals surface area contributed by atoms with Crippen molar-refractivity contribution in [1.29, 1.82) is 5.41 Å². The van der Waals surface area contributed by atoms with Crippen molar-refractivity contribution in [2.75, 3.05) is 0 Å². The minimum absolute atomic E-state index is 0.0501. The quantitative estimate of drug-likeness (QED) is 0.462. The zero-order chi connectivity index (χ0) is 11.4. The van der Waals surface area contributed by atoms with Crippen LogP contribution in [0.5, 0.6) is 0 Å². The van der Waals surface area contributed by atoms with Crippen molar-refractivity contribution in [2.24, 2.45) is 4.99 Å². The van der Waals surface area contributed by atoms with Gasteiger partial charge in [0.25, 0.3) is 11.4 Å². The molecule has 0 aliphatic carbocycles. The van der Waals surface area contributed by atoms with Crippen LogP contribution in [0.4, 0.5) is 17.1 Å². The van der Waals surface area contributed by atoms with Gasteiger partial charge in [-0.1, -0.05) is 0 Å². The molecule has 0 aliphatic heterocycles. The Labute approximate surface area is 82.7 Å². The highest BCUT2D eigenvalue weighted by Crippen LogP contribution is 2.27. The molecule has 8 nitrogen and oxygen atoms in total. The fourth-order valence-corrected chi connectivity index (χ4v) is 0.919. The summed E-state index contributed by atoms with van der Waals surface area (Å²) >= 11 is 0. The summed E-state index contributed by atoms with van der Waals surface area (Å²) in [6, 6.07) is 4.51. The second-order valence-corrected chi connectivity index (χ2v) is 2.45. The minimum Gasteiger partial charge on any atom is -0.258 e. The summed E-state index contributed by atoms with van der Waals surface area (Å²) in [5.41, 5.74) is -0.942. The van der Waals surface area contributed by atoms with Gasteiger partial charge in [-0.25, -0.2) is 5.41 Å². The summed E-state index contributed by atoms with van der Waals surface area (Å²) in [6.07, 6.45) is 0. The number of rotatable bonds is 3. The maximum Gasteiger partial charge on any atom is 0.278 e. The molecular weight excluding hydrogens is 204 g/mol. The largest absolute Gasteiger partial charge is 0.278 e. The second kappa shape index (κ2) is 4.07. The first-order valence-corrected chi connectivity index (χ1v) is 3.61. The third kappa shape index (κ3) is 2.42. The van der Waals surface area contributed by atoms with E-state index in [1.807, 2.05) is 0 Å². The van der Waals surface area contributed by atoms with Crippen LogP contribution < -0.4 is 0 Å². The summed E-state index contributed by atoms with van der Waals surface area (Å²) in [5.74, 6) is 0. The molecule has 76 valence electrons. The zero-order valence-electron chi connectivity index (χ0n) is 7.21. The molecule has 0 bridgehead atoms. The Balaban J connectivity index is 3.38. The van der Waals surface area contributed by atoms with E-state index in [2.05, 4.69) is 4.99 Å². The van der Waals surface area contributed by atoms with Gasteiger partial charge in [-0.3, -0.25) is 20.2 Å². The van der Waals surface area contributed by atoms with E-state index < -0.39 is 21.2 Å². The summed E-state index contributed by atoms with van der Waals surface area (Å²) in [5, 5.41) is 27.4. The van der Waals surface area contributed by atoms with E-state index in [9.17, 15) is 20.2 Å². The van der Waals surface area contributed by atoms with Crippen molar-refractivity contribution in [3.05, 3.63) is 38.4 Å². The van der Waals surface area contributed by atoms with Crippen LogP contribution in [-0.4, -0.2) is 15.9 Å². The number of aliphatic imine (C=N–C) groups is 1. The van der Waals surface area contributed by atoms with Crippen LogP contribution in [0.1, 0.15) is 0 Å². The van der Waals surface area contributed by atoms with E-state index in [0.29, 0.717) is 0 Å². The minimum atomic E-state index is -0.768. The Morgan fingerprint density at radius 1 is 1.13 bits per heavy atom. The molecule has 0 atom stereocenters. The standard InChI is InChI=1S/C7H4N4O4/c8-4-9-5-1-6(10(12)13)3-7(2-5)11(14)15/h1-3,8H. The Morgan fingerprint density at radius 2 is 1.60 bits per heavy atom. The molecule has 0 amide bonds. The fourth-order valence-electron chi connectivity index (χ4n) is 0.919. The van der Waals surface area contributed by atoms with Crippen LogP contribution in [0.2, 0.25) is 0 Å². The van der Waals surface area contributed by atoms with Gasteiger partial charge in [-0.15, -0.1) is 0 Å². The summed E-state index contributed by atoms with van der Waals surface area (Å²) in [4.78, 5) is 22.6. The third-order valence-corrected chi connectivity index (χ3v) is 1.49. The first-order valence-electron chi connectivity index (χ1n) is 3.61. The smallest absolute Gasteiger partial charge is 0.258 e. The van der Waals surface area contributed by atoms with Crippen molar-refractivity contribution in [1.82, 2.24) is 0 Å². The Hall–Kier alpha value is -2.60. The molecule has 0 radical (unpaired) electrons. The molecule has 1 N–H and O–H groups in total. The highest BCUT2D eigenvalue weighted by atomic mass is 16.6. The molecule has 0 aromatic heterocycles. The van der Waals surface area contributed by atoms with Gasteiger partial charge in [0.05, 0.1) is 27.6 Å². The number of nitro groups is 2. The van der Waals surface area contributed by atoms with Crippen LogP contribution in [-0.2, 0) is 0 Å². The topological polar surface area (TPSA) is 122 Å². The molecule has 1 rings (SSSR count). The molecular formula is C7H4N4O4. The van der Waals surface area contributed by atoms with Crippen molar-refractivity contribution in [2.45, 2.75) is 0 Å². The zero-order valence-corrected chi connectivity index (χ0v) is 7.21. The van der Waals surface area contributed by atoms with Gasteiger partial charge in [0, 0.05) is 12.1 Å². The molecule has 15 heavy (non-hydrogen) atoms. The average molecular weight is 208 g/mol. The van der Waals surface area contributed by atoms with Gasteiger partial charge in [-0.2, -0.15) is 4.99 Å². The predicted molar refractivity (Wildman–Crippen MR) is 49.6 cm³/mol.